The molecular weight excluding hydrogens is 304 g/mol. The molecule has 0 fully saturated rings. The number of hydrogen-bond donors (Lipinski definition) is 1. The molecule has 0 spiro atoms. The lowest BCUT2D eigenvalue weighted by Gasteiger charge is -2.11. The number of benzene rings is 1. The molecule has 2 nitrogen and oxygen atoms in total. The Kier molecular flexibility index (Phi) is 4.84. The molecule has 1 unspecified atom stereocenters. The van der Waals surface area contributed by atoms with E-state index >= 15 is 0 Å². The molecule has 0 saturated carbocycles. The Bertz CT molecular complexity index is 581. The van der Waals surface area contributed by atoms with Crippen LogP contribution in [0.2, 0.25) is 0 Å². The molecule has 0 aliphatic carbocycles. The predicted octanol–water partition coefficient (Wildman–Crippen LogP) is 4.03. The van der Waals surface area contributed by atoms with Gasteiger partial charge in [-0.2, -0.15) is 13.2 Å². The molecule has 21 heavy (non-hydrogen) atoms. The number of aromatic nitrogens is 1. The number of thioether (sulfide) groups is 1. The third-order valence-corrected chi connectivity index (χ3v) is 3.84. The zero-order valence-corrected chi connectivity index (χ0v) is 11.6. The van der Waals surface area contributed by atoms with Crippen molar-refractivity contribution >= 4 is 11.8 Å². The molecule has 0 aliphatic rings. The van der Waals surface area contributed by atoms with Crippen molar-refractivity contribution in [2.45, 2.75) is 17.2 Å². The number of hydrogen-bond acceptors (Lipinski definition) is 3. The van der Waals surface area contributed by atoms with E-state index in [1.165, 1.54) is 30.0 Å². The number of nitrogens with two attached hydrogens (primary N) is 1. The highest BCUT2D eigenvalue weighted by molar-refractivity contribution is 7.99. The zero-order valence-electron chi connectivity index (χ0n) is 10.8. The summed E-state index contributed by atoms with van der Waals surface area (Å²) in [6, 6.07) is 7.75. The first-order chi connectivity index (χ1) is 9.86. The smallest absolute Gasteiger partial charge is 0.323 e. The van der Waals surface area contributed by atoms with Gasteiger partial charge in [0.15, 0.2) is 0 Å². The summed E-state index contributed by atoms with van der Waals surface area (Å²) in [6.45, 7) is 0. The second-order valence-corrected chi connectivity index (χ2v) is 5.39. The van der Waals surface area contributed by atoms with Crippen molar-refractivity contribution in [1.29, 1.82) is 0 Å². The van der Waals surface area contributed by atoms with Gasteiger partial charge in [-0.15, -0.1) is 11.8 Å². The highest BCUT2D eigenvalue weighted by Gasteiger charge is 2.30. The van der Waals surface area contributed by atoms with Gasteiger partial charge in [0.1, 0.15) is 5.82 Å². The summed E-state index contributed by atoms with van der Waals surface area (Å²) >= 11 is 1.25. The Morgan fingerprint density at radius 1 is 1.10 bits per heavy atom. The van der Waals surface area contributed by atoms with Crippen molar-refractivity contribution < 1.29 is 17.6 Å². The van der Waals surface area contributed by atoms with Crippen molar-refractivity contribution in [2.75, 3.05) is 5.75 Å². The van der Waals surface area contributed by atoms with Crippen LogP contribution in [0, 0.1) is 5.82 Å². The van der Waals surface area contributed by atoms with Crippen molar-refractivity contribution in [3.05, 3.63) is 59.5 Å². The molecule has 1 aromatic carbocycles. The normalized spacial score (nSPS) is 13.2. The van der Waals surface area contributed by atoms with E-state index in [9.17, 15) is 17.6 Å². The molecule has 0 saturated heterocycles. The third kappa shape index (κ3) is 4.44. The maximum Gasteiger partial charge on any atom is 0.417 e. The van der Waals surface area contributed by atoms with Crippen LogP contribution in [0.1, 0.15) is 17.2 Å². The molecule has 0 amide bonds. The standard InChI is InChI=1S/C14H12F4N2S/c15-11-4-1-9(2-5-11)12(19)8-21-13-6-3-10(7-20-13)14(16,17)18/h1-7,12H,8,19H2. The highest BCUT2D eigenvalue weighted by Crippen LogP contribution is 2.30. The van der Waals surface area contributed by atoms with Gasteiger partial charge in [0, 0.05) is 18.0 Å². The van der Waals surface area contributed by atoms with E-state index in [0.29, 0.717) is 10.8 Å². The second kappa shape index (κ2) is 6.44. The number of alkyl halides is 3. The summed E-state index contributed by atoms with van der Waals surface area (Å²) in [5.41, 5.74) is 5.92. The van der Waals surface area contributed by atoms with Crippen LogP contribution in [-0.4, -0.2) is 10.7 Å². The SMILES string of the molecule is NC(CSc1ccc(C(F)(F)F)cn1)c1ccc(F)cc1. The first kappa shape index (κ1) is 15.8. The number of halogens is 4. The van der Waals surface area contributed by atoms with Crippen LogP contribution in [-0.2, 0) is 6.18 Å². The fraction of sp³-hybridized carbons (Fsp3) is 0.214. The Morgan fingerprint density at radius 2 is 1.76 bits per heavy atom. The van der Waals surface area contributed by atoms with Gasteiger partial charge in [-0.1, -0.05) is 12.1 Å². The second-order valence-electron chi connectivity index (χ2n) is 4.35. The first-order valence-electron chi connectivity index (χ1n) is 6.03. The minimum absolute atomic E-state index is 0.344. The molecule has 1 atom stereocenters. The van der Waals surface area contributed by atoms with Gasteiger partial charge in [-0.05, 0) is 29.8 Å². The average Bonchev–Trinajstić information content (AvgIpc) is 2.45. The molecule has 2 aromatic rings. The molecule has 112 valence electrons. The van der Waals surface area contributed by atoms with Crippen molar-refractivity contribution in [3.8, 4) is 0 Å². The Hall–Kier alpha value is -1.60. The topological polar surface area (TPSA) is 38.9 Å². The van der Waals surface area contributed by atoms with Crippen LogP contribution >= 0.6 is 11.8 Å². The summed E-state index contributed by atoms with van der Waals surface area (Å²) in [4.78, 5) is 3.75. The minimum atomic E-state index is -4.39. The summed E-state index contributed by atoms with van der Waals surface area (Å²) in [5, 5.41) is 0.459. The van der Waals surface area contributed by atoms with Crippen LogP contribution in [0.25, 0.3) is 0 Å². The van der Waals surface area contributed by atoms with E-state index in [2.05, 4.69) is 4.98 Å². The molecule has 1 aromatic heterocycles. The fourth-order valence-electron chi connectivity index (χ4n) is 1.61. The van der Waals surface area contributed by atoms with Gasteiger partial charge >= 0.3 is 6.18 Å². The Morgan fingerprint density at radius 3 is 2.29 bits per heavy atom. The average molecular weight is 316 g/mol. The van der Waals surface area contributed by atoms with Crippen molar-refractivity contribution in [3.63, 3.8) is 0 Å². The Labute approximate surface area is 123 Å². The van der Waals surface area contributed by atoms with E-state index in [0.717, 1.165) is 17.8 Å². The molecule has 1 heterocycles. The van der Waals surface area contributed by atoms with E-state index in [-0.39, 0.29) is 11.9 Å². The highest BCUT2D eigenvalue weighted by atomic mass is 32.2. The lowest BCUT2D eigenvalue weighted by molar-refractivity contribution is -0.137. The van der Waals surface area contributed by atoms with Gasteiger partial charge in [-0.25, -0.2) is 9.37 Å². The van der Waals surface area contributed by atoms with Gasteiger partial charge in [0.05, 0.1) is 10.6 Å². The third-order valence-electron chi connectivity index (χ3n) is 2.77. The number of pyridine rings is 1. The minimum Gasteiger partial charge on any atom is -0.323 e. The fourth-order valence-corrected chi connectivity index (χ4v) is 2.45. The zero-order chi connectivity index (χ0) is 15.5. The van der Waals surface area contributed by atoms with Crippen LogP contribution in [0.4, 0.5) is 17.6 Å². The van der Waals surface area contributed by atoms with E-state index in [1.54, 1.807) is 12.1 Å². The molecule has 0 bridgehead atoms. The predicted molar refractivity (Wildman–Crippen MR) is 73.3 cm³/mol. The molecular formula is C14H12F4N2S. The molecule has 2 N–H and O–H groups in total. The van der Waals surface area contributed by atoms with E-state index < -0.39 is 11.7 Å². The van der Waals surface area contributed by atoms with Gasteiger partial charge in [0.2, 0.25) is 0 Å². The Balaban J connectivity index is 1.95. The molecule has 0 aliphatic heterocycles. The summed E-state index contributed by atoms with van der Waals surface area (Å²) < 4.78 is 50.0. The van der Waals surface area contributed by atoms with Gasteiger partial charge in [-0.3, -0.25) is 0 Å². The van der Waals surface area contributed by atoms with E-state index in [1.807, 2.05) is 0 Å². The summed E-state index contributed by atoms with van der Waals surface area (Å²) in [5.74, 6) is 0.0901. The van der Waals surface area contributed by atoms with Crippen molar-refractivity contribution in [2.24, 2.45) is 5.73 Å². The molecule has 2 rings (SSSR count). The lowest BCUT2D eigenvalue weighted by atomic mass is 10.1. The van der Waals surface area contributed by atoms with Crippen LogP contribution in [0.3, 0.4) is 0 Å². The van der Waals surface area contributed by atoms with Crippen molar-refractivity contribution in [1.82, 2.24) is 4.98 Å². The van der Waals surface area contributed by atoms with Gasteiger partial charge < -0.3 is 5.73 Å². The van der Waals surface area contributed by atoms with Crippen LogP contribution in [0.5, 0.6) is 0 Å². The maximum atomic E-state index is 12.8. The number of nitrogens with zero attached hydrogens (tertiary/aromatic N) is 1. The van der Waals surface area contributed by atoms with E-state index in [4.69, 9.17) is 5.73 Å². The summed E-state index contributed by atoms with van der Waals surface area (Å²) in [6.07, 6.45) is -3.59. The molecule has 0 radical (unpaired) electrons. The lowest BCUT2D eigenvalue weighted by Crippen LogP contribution is -2.13. The quantitative estimate of drug-likeness (QED) is 0.684. The monoisotopic (exact) mass is 316 g/mol. The maximum absolute atomic E-state index is 12.8. The van der Waals surface area contributed by atoms with Crippen LogP contribution < -0.4 is 5.73 Å². The van der Waals surface area contributed by atoms with Gasteiger partial charge in [0.25, 0.3) is 0 Å². The largest absolute Gasteiger partial charge is 0.417 e. The first-order valence-corrected chi connectivity index (χ1v) is 7.02. The molecule has 7 heteroatoms. The van der Waals surface area contributed by atoms with Crippen LogP contribution in [0.15, 0.2) is 47.6 Å². The number of rotatable bonds is 4. The summed E-state index contributed by atoms with van der Waals surface area (Å²) in [7, 11) is 0.